The lowest BCUT2D eigenvalue weighted by atomic mass is 10.0. The average Bonchev–Trinajstić information content (AvgIpc) is 2.38. The number of hydrogen-bond acceptors (Lipinski definition) is 4. The minimum atomic E-state index is 0.781. The van der Waals surface area contributed by atoms with Gasteiger partial charge < -0.3 is 10.1 Å². The number of rotatable bonds is 5. The molecule has 1 aromatic rings. The predicted octanol–water partition coefficient (Wildman–Crippen LogP) is 1.26. The number of ether oxygens (including phenoxy) is 1. The lowest BCUT2D eigenvalue weighted by Crippen LogP contribution is -2.27. The lowest BCUT2D eigenvalue weighted by Gasteiger charge is -2.19. The fourth-order valence-electron chi connectivity index (χ4n) is 2.25. The maximum absolute atomic E-state index is 5.07. The summed E-state index contributed by atoms with van der Waals surface area (Å²) in [7, 11) is 1.73. The molecule has 0 bridgehead atoms. The fourth-order valence-corrected chi connectivity index (χ4v) is 2.25. The molecule has 1 aromatic heterocycles. The number of nitrogens with zero attached hydrogens (tertiary/aromatic N) is 2. The van der Waals surface area contributed by atoms with Crippen LogP contribution in [0.2, 0.25) is 0 Å². The van der Waals surface area contributed by atoms with Gasteiger partial charge in [-0.15, -0.1) is 0 Å². The van der Waals surface area contributed by atoms with Crippen LogP contribution in [0.5, 0.6) is 0 Å². The van der Waals surface area contributed by atoms with Crippen molar-refractivity contribution in [2.24, 2.45) is 0 Å². The molecule has 0 aliphatic carbocycles. The van der Waals surface area contributed by atoms with Gasteiger partial charge in [0.1, 0.15) is 5.82 Å². The van der Waals surface area contributed by atoms with E-state index in [1.54, 1.807) is 7.11 Å². The van der Waals surface area contributed by atoms with Crippen molar-refractivity contribution in [3.63, 3.8) is 0 Å². The average molecular weight is 235 g/mol. The monoisotopic (exact) mass is 235 g/mol. The third-order valence-electron chi connectivity index (χ3n) is 3.15. The van der Waals surface area contributed by atoms with E-state index in [1.165, 1.54) is 17.0 Å². The van der Waals surface area contributed by atoms with Crippen LogP contribution in [0.4, 0.5) is 0 Å². The fraction of sp³-hybridized carbons (Fsp3) is 0.692. The number of hydrogen-bond donors (Lipinski definition) is 1. The minimum absolute atomic E-state index is 0.781. The van der Waals surface area contributed by atoms with Crippen LogP contribution in [-0.2, 0) is 30.5 Å². The highest BCUT2D eigenvalue weighted by molar-refractivity contribution is 5.28. The number of methoxy groups -OCH3 is 1. The Labute approximate surface area is 103 Å². The first kappa shape index (κ1) is 12.5. The van der Waals surface area contributed by atoms with Gasteiger partial charge in [0.25, 0.3) is 0 Å². The zero-order chi connectivity index (χ0) is 12.1. The van der Waals surface area contributed by atoms with Gasteiger partial charge in [-0.2, -0.15) is 0 Å². The molecule has 1 aliphatic heterocycles. The first-order valence-corrected chi connectivity index (χ1v) is 6.42. The van der Waals surface area contributed by atoms with E-state index in [2.05, 4.69) is 22.2 Å². The van der Waals surface area contributed by atoms with Gasteiger partial charge in [0.2, 0.25) is 0 Å². The molecule has 0 saturated carbocycles. The van der Waals surface area contributed by atoms with E-state index < -0.39 is 0 Å². The second-order valence-corrected chi connectivity index (χ2v) is 4.39. The summed E-state index contributed by atoms with van der Waals surface area (Å²) in [6.45, 7) is 4.90. The highest BCUT2D eigenvalue weighted by atomic mass is 16.5. The summed E-state index contributed by atoms with van der Waals surface area (Å²) < 4.78 is 5.07. The lowest BCUT2D eigenvalue weighted by molar-refractivity contribution is 0.194. The molecular weight excluding hydrogens is 214 g/mol. The maximum Gasteiger partial charge on any atom is 0.128 e. The number of aryl methyl sites for hydroxylation is 2. The van der Waals surface area contributed by atoms with Gasteiger partial charge >= 0.3 is 0 Å². The quantitative estimate of drug-likeness (QED) is 0.781. The van der Waals surface area contributed by atoms with E-state index in [1.807, 2.05) is 0 Å². The van der Waals surface area contributed by atoms with E-state index in [0.29, 0.717) is 0 Å². The van der Waals surface area contributed by atoms with E-state index >= 15 is 0 Å². The Kier molecular flexibility index (Phi) is 4.45. The Morgan fingerprint density at radius 3 is 3.00 bits per heavy atom. The van der Waals surface area contributed by atoms with Gasteiger partial charge in [0.15, 0.2) is 0 Å². The molecule has 0 aromatic carbocycles. The summed E-state index contributed by atoms with van der Waals surface area (Å²) in [6.07, 6.45) is 3.93. The molecule has 1 aliphatic rings. The zero-order valence-electron chi connectivity index (χ0n) is 10.8. The maximum atomic E-state index is 5.07. The standard InChI is InChI=1S/C13H21N3O/c1-3-11-10-9-14-7-6-12(10)16-13(15-11)5-4-8-17-2/h14H,3-9H2,1-2H3. The van der Waals surface area contributed by atoms with E-state index in [0.717, 1.165) is 51.2 Å². The number of aromatic nitrogens is 2. The van der Waals surface area contributed by atoms with Crippen molar-refractivity contribution < 1.29 is 4.74 Å². The molecule has 2 rings (SSSR count). The summed E-state index contributed by atoms with van der Waals surface area (Å²) in [5.74, 6) is 0.986. The first-order chi connectivity index (χ1) is 8.35. The Morgan fingerprint density at radius 1 is 1.35 bits per heavy atom. The van der Waals surface area contributed by atoms with E-state index in [-0.39, 0.29) is 0 Å². The topological polar surface area (TPSA) is 47.0 Å². The third-order valence-corrected chi connectivity index (χ3v) is 3.15. The van der Waals surface area contributed by atoms with E-state index in [4.69, 9.17) is 4.74 Å². The molecule has 4 nitrogen and oxygen atoms in total. The van der Waals surface area contributed by atoms with Crippen molar-refractivity contribution in [3.05, 3.63) is 22.8 Å². The SMILES string of the molecule is CCc1nc(CCCOC)nc2c1CNCC2. The highest BCUT2D eigenvalue weighted by Gasteiger charge is 2.16. The molecule has 0 spiro atoms. The van der Waals surface area contributed by atoms with Crippen molar-refractivity contribution >= 4 is 0 Å². The molecule has 0 radical (unpaired) electrons. The minimum Gasteiger partial charge on any atom is -0.385 e. The Morgan fingerprint density at radius 2 is 2.24 bits per heavy atom. The Hall–Kier alpha value is -1.00. The molecule has 0 saturated heterocycles. The highest BCUT2D eigenvalue weighted by Crippen LogP contribution is 2.16. The normalized spacial score (nSPS) is 14.7. The molecule has 0 unspecified atom stereocenters. The van der Waals surface area contributed by atoms with Gasteiger partial charge in [-0.25, -0.2) is 9.97 Å². The van der Waals surface area contributed by atoms with Crippen LogP contribution in [0.25, 0.3) is 0 Å². The number of fused-ring (bicyclic) bond motifs is 1. The smallest absolute Gasteiger partial charge is 0.128 e. The summed E-state index contributed by atoms with van der Waals surface area (Å²) in [5, 5.41) is 3.39. The van der Waals surface area contributed by atoms with Gasteiger partial charge in [-0.1, -0.05) is 6.92 Å². The summed E-state index contributed by atoms with van der Waals surface area (Å²) in [5.41, 5.74) is 3.80. The summed E-state index contributed by atoms with van der Waals surface area (Å²) in [6, 6.07) is 0. The van der Waals surface area contributed by atoms with Gasteiger partial charge in [-0.05, 0) is 12.8 Å². The van der Waals surface area contributed by atoms with Crippen molar-refractivity contribution in [3.8, 4) is 0 Å². The van der Waals surface area contributed by atoms with Gasteiger partial charge in [0, 0.05) is 50.9 Å². The van der Waals surface area contributed by atoms with Crippen molar-refractivity contribution in [2.45, 2.75) is 39.2 Å². The molecule has 1 N–H and O–H groups in total. The zero-order valence-corrected chi connectivity index (χ0v) is 10.8. The predicted molar refractivity (Wildman–Crippen MR) is 67.0 cm³/mol. The Bertz CT molecular complexity index is 362. The van der Waals surface area contributed by atoms with Crippen molar-refractivity contribution in [2.75, 3.05) is 20.3 Å². The van der Waals surface area contributed by atoms with Crippen LogP contribution in [0.3, 0.4) is 0 Å². The molecule has 94 valence electrons. The molecular formula is C13H21N3O. The number of nitrogens with one attached hydrogen (secondary N) is 1. The van der Waals surface area contributed by atoms with E-state index in [9.17, 15) is 0 Å². The van der Waals surface area contributed by atoms with Crippen LogP contribution < -0.4 is 5.32 Å². The van der Waals surface area contributed by atoms with Crippen LogP contribution >= 0.6 is 0 Å². The van der Waals surface area contributed by atoms with Gasteiger partial charge in [-0.3, -0.25) is 0 Å². The van der Waals surface area contributed by atoms with Crippen molar-refractivity contribution in [1.82, 2.24) is 15.3 Å². The van der Waals surface area contributed by atoms with Crippen LogP contribution in [0.15, 0.2) is 0 Å². The second kappa shape index (κ2) is 6.07. The van der Waals surface area contributed by atoms with Crippen LogP contribution in [-0.4, -0.2) is 30.2 Å². The molecule has 17 heavy (non-hydrogen) atoms. The molecule has 2 heterocycles. The molecule has 0 fully saturated rings. The summed E-state index contributed by atoms with van der Waals surface area (Å²) in [4.78, 5) is 9.36. The first-order valence-electron chi connectivity index (χ1n) is 6.42. The Balaban J connectivity index is 2.17. The second-order valence-electron chi connectivity index (χ2n) is 4.39. The van der Waals surface area contributed by atoms with Crippen LogP contribution in [0, 0.1) is 0 Å². The largest absolute Gasteiger partial charge is 0.385 e. The summed E-state index contributed by atoms with van der Waals surface area (Å²) >= 11 is 0. The molecule has 4 heteroatoms. The van der Waals surface area contributed by atoms with Gasteiger partial charge in [0.05, 0.1) is 5.69 Å². The third kappa shape index (κ3) is 3.01. The molecule has 0 atom stereocenters. The molecule has 0 amide bonds. The van der Waals surface area contributed by atoms with Crippen molar-refractivity contribution in [1.29, 1.82) is 0 Å². The van der Waals surface area contributed by atoms with Crippen LogP contribution in [0.1, 0.15) is 36.1 Å².